The molecule has 144 valence electrons. The van der Waals surface area contributed by atoms with Crippen LogP contribution in [0.5, 0.6) is 0 Å². The Bertz CT molecular complexity index is 603. The van der Waals surface area contributed by atoms with Gasteiger partial charge in [-0.3, -0.25) is 4.90 Å². The molecule has 3 rings (SSSR count). The zero-order valence-corrected chi connectivity index (χ0v) is 17.0. The first-order valence-electron chi connectivity index (χ1n) is 9.80. The van der Waals surface area contributed by atoms with Crippen LogP contribution in [0.3, 0.4) is 0 Å². The molecular formula is C21H31ClN2O2. The molecular weight excluding hydrogens is 348 g/mol. The topological polar surface area (TPSA) is 32.8 Å². The highest BCUT2D eigenvalue weighted by molar-refractivity contribution is 6.30. The first-order valence-corrected chi connectivity index (χ1v) is 10.2. The molecule has 1 atom stereocenters. The summed E-state index contributed by atoms with van der Waals surface area (Å²) in [6, 6.07) is 9.43. The molecule has 0 aromatic heterocycles. The number of rotatable bonds is 3. The van der Waals surface area contributed by atoms with Gasteiger partial charge in [-0.15, -0.1) is 0 Å². The van der Waals surface area contributed by atoms with Crippen molar-refractivity contribution in [2.24, 2.45) is 0 Å². The van der Waals surface area contributed by atoms with E-state index >= 15 is 0 Å². The SMILES string of the molecule is CC(C)(C)OC(=O)N1CCC(N2CCC[C@@H]2Cc2ccc(Cl)cc2)CC1. The summed E-state index contributed by atoms with van der Waals surface area (Å²) in [7, 11) is 0. The van der Waals surface area contributed by atoms with Gasteiger partial charge in [0.1, 0.15) is 5.60 Å². The van der Waals surface area contributed by atoms with Crippen molar-refractivity contribution in [2.75, 3.05) is 19.6 Å². The van der Waals surface area contributed by atoms with E-state index in [1.54, 1.807) is 0 Å². The fourth-order valence-electron chi connectivity index (χ4n) is 4.16. The fraction of sp³-hybridized carbons (Fsp3) is 0.667. The van der Waals surface area contributed by atoms with Gasteiger partial charge in [-0.1, -0.05) is 23.7 Å². The van der Waals surface area contributed by atoms with E-state index in [1.165, 1.54) is 24.9 Å². The Morgan fingerprint density at radius 1 is 1.12 bits per heavy atom. The molecule has 1 amide bonds. The first-order chi connectivity index (χ1) is 12.3. The maximum atomic E-state index is 12.3. The summed E-state index contributed by atoms with van der Waals surface area (Å²) in [5, 5.41) is 0.798. The number of carbonyl (C=O) groups excluding carboxylic acids is 1. The molecule has 1 aromatic rings. The molecule has 0 radical (unpaired) electrons. The Balaban J connectivity index is 1.53. The monoisotopic (exact) mass is 378 g/mol. The quantitative estimate of drug-likeness (QED) is 0.761. The summed E-state index contributed by atoms with van der Waals surface area (Å²) in [5.74, 6) is 0. The number of likely N-dealkylation sites (tertiary alicyclic amines) is 2. The predicted octanol–water partition coefficient (Wildman–Crippen LogP) is 4.75. The van der Waals surface area contributed by atoms with E-state index in [0.717, 1.165) is 37.4 Å². The van der Waals surface area contributed by atoms with Crippen LogP contribution in [0.1, 0.15) is 52.0 Å². The van der Waals surface area contributed by atoms with Crippen molar-refractivity contribution in [3.05, 3.63) is 34.9 Å². The average molecular weight is 379 g/mol. The molecule has 0 spiro atoms. The highest BCUT2D eigenvalue weighted by Gasteiger charge is 2.34. The number of halogens is 1. The van der Waals surface area contributed by atoms with Crippen molar-refractivity contribution in [1.82, 2.24) is 9.80 Å². The van der Waals surface area contributed by atoms with Crippen LogP contribution in [-0.4, -0.2) is 53.2 Å². The number of benzene rings is 1. The minimum atomic E-state index is -0.424. The van der Waals surface area contributed by atoms with Gasteiger partial charge in [-0.25, -0.2) is 4.79 Å². The Labute approximate surface area is 162 Å². The van der Waals surface area contributed by atoms with Gasteiger partial charge in [0.15, 0.2) is 0 Å². The smallest absolute Gasteiger partial charge is 0.410 e. The molecule has 4 nitrogen and oxygen atoms in total. The van der Waals surface area contributed by atoms with E-state index < -0.39 is 5.60 Å². The Morgan fingerprint density at radius 3 is 2.38 bits per heavy atom. The molecule has 2 aliphatic rings. The number of ether oxygens (including phenoxy) is 1. The third-order valence-electron chi connectivity index (χ3n) is 5.39. The maximum Gasteiger partial charge on any atom is 0.410 e. The number of piperidine rings is 1. The van der Waals surface area contributed by atoms with Gasteiger partial charge in [0, 0.05) is 30.2 Å². The Kier molecular flexibility index (Phi) is 6.13. The van der Waals surface area contributed by atoms with Crippen LogP contribution in [0.2, 0.25) is 5.02 Å². The highest BCUT2D eigenvalue weighted by atomic mass is 35.5. The van der Waals surface area contributed by atoms with Gasteiger partial charge in [-0.2, -0.15) is 0 Å². The zero-order valence-electron chi connectivity index (χ0n) is 16.2. The number of hydrogen-bond donors (Lipinski definition) is 0. The van der Waals surface area contributed by atoms with E-state index in [9.17, 15) is 4.79 Å². The summed E-state index contributed by atoms with van der Waals surface area (Å²) < 4.78 is 5.51. The lowest BCUT2D eigenvalue weighted by atomic mass is 9.99. The second kappa shape index (κ2) is 8.18. The lowest BCUT2D eigenvalue weighted by Gasteiger charge is -2.39. The molecule has 1 aromatic carbocycles. The number of carbonyl (C=O) groups is 1. The Morgan fingerprint density at radius 2 is 1.77 bits per heavy atom. The van der Waals surface area contributed by atoms with Crippen molar-refractivity contribution >= 4 is 17.7 Å². The van der Waals surface area contributed by atoms with E-state index in [0.29, 0.717) is 12.1 Å². The van der Waals surface area contributed by atoms with Crippen molar-refractivity contribution < 1.29 is 9.53 Å². The van der Waals surface area contributed by atoms with Crippen LogP contribution < -0.4 is 0 Å². The largest absolute Gasteiger partial charge is 0.444 e. The molecule has 0 aliphatic carbocycles. The van der Waals surface area contributed by atoms with Gasteiger partial charge in [0.05, 0.1) is 0 Å². The van der Waals surface area contributed by atoms with Gasteiger partial charge >= 0.3 is 6.09 Å². The molecule has 5 heteroatoms. The molecule has 2 fully saturated rings. The standard InChI is InChI=1S/C21H31ClN2O2/c1-21(2,3)26-20(25)23-13-10-18(11-14-23)24-12-4-5-19(24)15-16-6-8-17(22)9-7-16/h6-9,18-19H,4-5,10-15H2,1-3H3/t19-/m1/s1. The van der Waals surface area contributed by atoms with Gasteiger partial charge in [0.25, 0.3) is 0 Å². The van der Waals surface area contributed by atoms with Crippen LogP contribution in [0.25, 0.3) is 0 Å². The number of amides is 1. The van der Waals surface area contributed by atoms with E-state index in [-0.39, 0.29) is 6.09 Å². The first kappa shape index (κ1) is 19.5. The lowest BCUT2D eigenvalue weighted by Crippen LogP contribution is -2.49. The van der Waals surface area contributed by atoms with E-state index in [4.69, 9.17) is 16.3 Å². The van der Waals surface area contributed by atoms with E-state index in [2.05, 4.69) is 17.0 Å². The lowest BCUT2D eigenvalue weighted by molar-refractivity contribution is 0.0135. The summed E-state index contributed by atoms with van der Waals surface area (Å²) in [6.45, 7) is 8.53. The number of nitrogens with zero attached hydrogens (tertiary/aromatic N) is 2. The van der Waals surface area contributed by atoms with Crippen molar-refractivity contribution in [3.63, 3.8) is 0 Å². The van der Waals surface area contributed by atoms with Gasteiger partial charge in [-0.05, 0) is 77.1 Å². The van der Waals surface area contributed by atoms with E-state index in [1.807, 2.05) is 37.8 Å². The minimum absolute atomic E-state index is 0.171. The molecule has 2 saturated heterocycles. The summed E-state index contributed by atoms with van der Waals surface area (Å²) in [5.41, 5.74) is 0.935. The fourth-order valence-corrected chi connectivity index (χ4v) is 4.28. The third-order valence-corrected chi connectivity index (χ3v) is 5.64. The van der Waals surface area contributed by atoms with Gasteiger partial charge < -0.3 is 9.64 Å². The van der Waals surface area contributed by atoms with Crippen LogP contribution in [0, 0.1) is 0 Å². The van der Waals surface area contributed by atoms with Crippen LogP contribution in [-0.2, 0) is 11.2 Å². The third kappa shape index (κ3) is 5.14. The number of hydrogen-bond acceptors (Lipinski definition) is 3. The molecule has 0 N–H and O–H groups in total. The molecule has 26 heavy (non-hydrogen) atoms. The molecule has 0 unspecified atom stereocenters. The summed E-state index contributed by atoms with van der Waals surface area (Å²) >= 11 is 6.01. The molecule has 2 heterocycles. The normalized spacial score (nSPS) is 22.6. The molecule has 0 saturated carbocycles. The second-order valence-electron chi connectivity index (χ2n) is 8.56. The van der Waals surface area contributed by atoms with Crippen LogP contribution >= 0.6 is 11.6 Å². The second-order valence-corrected chi connectivity index (χ2v) is 9.00. The van der Waals surface area contributed by atoms with Crippen molar-refractivity contribution in [2.45, 2.75) is 70.6 Å². The minimum Gasteiger partial charge on any atom is -0.444 e. The summed E-state index contributed by atoms with van der Waals surface area (Å²) in [4.78, 5) is 16.8. The predicted molar refractivity (Wildman–Crippen MR) is 106 cm³/mol. The Hall–Kier alpha value is -1.26. The highest BCUT2D eigenvalue weighted by Crippen LogP contribution is 2.29. The maximum absolute atomic E-state index is 12.3. The van der Waals surface area contributed by atoms with Gasteiger partial charge in [0.2, 0.25) is 0 Å². The summed E-state index contributed by atoms with van der Waals surface area (Å²) in [6.07, 6.45) is 5.52. The zero-order chi connectivity index (χ0) is 18.7. The molecule has 0 bridgehead atoms. The van der Waals surface area contributed by atoms with Crippen LogP contribution in [0.4, 0.5) is 4.79 Å². The molecule has 2 aliphatic heterocycles. The van der Waals surface area contributed by atoms with Crippen molar-refractivity contribution in [3.8, 4) is 0 Å². The van der Waals surface area contributed by atoms with Crippen molar-refractivity contribution in [1.29, 1.82) is 0 Å². The van der Waals surface area contributed by atoms with Crippen LogP contribution in [0.15, 0.2) is 24.3 Å². The average Bonchev–Trinajstić information content (AvgIpc) is 3.04.